The summed E-state index contributed by atoms with van der Waals surface area (Å²) in [6, 6.07) is 1.48. The molecule has 1 N–H and O–H groups in total. The number of aliphatic carboxylic acids is 1. The largest absolute Gasteiger partial charge is 0.481 e. The number of halogens is 3. The van der Waals surface area contributed by atoms with Gasteiger partial charge in [0.1, 0.15) is 18.1 Å². The molecule has 0 heterocycles. The van der Waals surface area contributed by atoms with Gasteiger partial charge in [0, 0.05) is 0 Å². The summed E-state index contributed by atoms with van der Waals surface area (Å²) in [5.74, 6) is -4.50. The van der Waals surface area contributed by atoms with Crippen molar-refractivity contribution in [3.8, 4) is 0 Å². The number of rotatable bonds is 3. The Kier molecular flexibility index (Phi) is 3.36. The van der Waals surface area contributed by atoms with Crippen LogP contribution in [0.15, 0.2) is 12.1 Å². The van der Waals surface area contributed by atoms with Crippen molar-refractivity contribution in [1.29, 1.82) is 0 Å². The first-order chi connectivity index (χ1) is 6.93. The van der Waals surface area contributed by atoms with E-state index in [0.29, 0.717) is 0 Å². The van der Waals surface area contributed by atoms with Crippen molar-refractivity contribution < 1.29 is 23.5 Å². The minimum absolute atomic E-state index is 0.693. The fourth-order valence-corrected chi connectivity index (χ4v) is 1.27. The van der Waals surface area contributed by atoms with Crippen LogP contribution in [-0.2, 0) is 4.79 Å². The summed E-state index contributed by atoms with van der Waals surface area (Å²) in [4.78, 5) is 21.4. The average molecular weight is 235 g/mol. The molecule has 0 amide bonds. The van der Waals surface area contributed by atoms with Gasteiger partial charge in [-0.25, -0.2) is 8.78 Å². The lowest BCUT2D eigenvalue weighted by atomic mass is 10.1. The highest BCUT2D eigenvalue weighted by Crippen LogP contribution is 2.23. The molecule has 0 aromatic heterocycles. The van der Waals surface area contributed by atoms with Crippen molar-refractivity contribution >= 4 is 23.4 Å². The molecule has 0 aliphatic carbocycles. The maximum absolute atomic E-state index is 13.1. The Labute approximate surface area is 88.3 Å². The molecule has 0 spiro atoms. The number of ketones is 1. The maximum atomic E-state index is 13.1. The molecule has 1 aromatic carbocycles. The standard InChI is InChI=1S/C9H5ClF2O3/c10-9-5(12)2-1-4(11)8(9)6(13)3-7(14)15/h1-2H,3H2,(H,14,15). The lowest BCUT2D eigenvalue weighted by Crippen LogP contribution is -2.10. The predicted octanol–water partition coefficient (Wildman–Crippen LogP) is 2.28. The van der Waals surface area contributed by atoms with E-state index in [9.17, 15) is 18.4 Å². The van der Waals surface area contributed by atoms with Crippen molar-refractivity contribution in [1.82, 2.24) is 0 Å². The Hall–Kier alpha value is -1.49. The molecule has 0 fully saturated rings. The quantitative estimate of drug-likeness (QED) is 0.496. The highest BCUT2D eigenvalue weighted by Gasteiger charge is 2.20. The van der Waals surface area contributed by atoms with E-state index in [1.54, 1.807) is 0 Å². The summed E-state index contributed by atoms with van der Waals surface area (Å²) in [6.45, 7) is 0. The lowest BCUT2D eigenvalue weighted by molar-refractivity contribution is -0.135. The molecule has 15 heavy (non-hydrogen) atoms. The topological polar surface area (TPSA) is 54.4 Å². The van der Waals surface area contributed by atoms with E-state index < -0.39 is 40.4 Å². The third kappa shape index (κ3) is 2.50. The minimum atomic E-state index is -1.43. The monoisotopic (exact) mass is 234 g/mol. The summed E-state index contributed by atoms with van der Waals surface area (Å²) in [5, 5.41) is 7.62. The summed E-state index contributed by atoms with van der Waals surface area (Å²) >= 11 is 5.35. The van der Waals surface area contributed by atoms with Crippen LogP contribution in [0.2, 0.25) is 5.02 Å². The third-order valence-electron chi connectivity index (χ3n) is 1.63. The van der Waals surface area contributed by atoms with Gasteiger partial charge >= 0.3 is 5.97 Å². The van der Waals surface area contributed by atoms with Gasteiger partial charge in [0.05, 0.1) is 10.6 Å². The molecule has 0 atom stereocenters. The van der Waals surface area contributed by atoms with E-state index >= 15 is 0 Å². The molecule has 0 radical (unpaired) electrons. The maximum Gasteiger partial charge on any atom is 0.311 e. The highest BCUT2D eigenvalue weighted by atomic mass is 35.5. The van der Waals surface area contributed by atoms with Crippen LogP contribution < -0.4 is 0 Å². The smallest absolute Gasteiger partial charge is 0.311 e. The predicted molar refractivity (Wildman–Crippen MR) is 48.0 cm³/mol. The van der Waals surface area contributed by atoms with E-state index in [2.05, 4.69) is 0 Å². The first-order valence-electron chi connectivity index (χ1n) is 3.82. The normalized spacial score (nSPS) is 10.1. The molecule has 0 aliphatic rings. The molecular formula is C9H5ClF2O3. The van der Waals surface area contributed by atoms with Crippen LogP contribution in [0.4, 0.5) is 8.78 Å². The van der Waals surface area contributed by atoms with Gasteiger partial charge in [0.15, 0.2) is 5.78 Å². The number of hydrogen-bond donors (Lipinski definition) is 1. The third-order valence-corrected chi connectivity index (χ3v) is 2.00. The van der Waals surface area contributed by atoms with E-state index in [-0.39, 0.29) is 0 Å². The molecule has 80 valence electrons. The van der Waals surface area contributed by atoms with Crippen LogP contribution in [0.3, 0.4) is 0 Å². The first-order valence-corrected chi connectivity index (χ1v) is 4.19. The summed E-state index contributed by atoms with van der Waals surface area (Å²) < 4.78 is 25.9. The molecular weight excluding hydrogens is 230 g/mol. The van der Waals surface area contributed by atoms with Crippen LogP contribution in [0, 0.1) is 11.6 Å². The van der Waals surface area contributed by atoms with Gasteiger partial charge in [-0.1, -0.05) is 11.6 Å². The zero-order chi connectivity index (χ0) is 11.6. The number of benzene rings is 1. The number of hydrogen-bond acceptors (Lipinski definition) is 2. The summed E-state index contributed by atoms with van der Waals surface area (Å²) in [6.07, 6.45) is -0.930. The zero-order valence-electron chi connectivity index (χ0n) is 7.26. The van der Waals surface area contributed by atoms with Crippen molar-refractivity contribution in [3.05, 3.63) is 34.4 Å². The number of carboxylic acid groups (broad SMARTS) is 1. The summed E-state index contributed by atoms with van der Waals surface area (Å²) in [7, 11) is 0. The first kappa shape index (κ1) is 11.6. The van der Waals surface area contributed by atoms with E-state index in [1.165, 1.54) is 0 Å². The van der Waals surface area contributed by atoms with Crippen molar-refractivity contribution in [2.45, 2.75) is 6.42 Å². The molecule has 6 heteroatoms. The molecule has 0 saturated carbocycles. The van der Waals surface area contributed by atoms with Gasteiger partial charge in [0.25, 0.3) is 0 Å². The van der Waals surface area contributed by atoms with Crippen molar-refractivity contribution in [2.24, 2.45) is 0 Å². The van der Waals surface area contributed by atoms with Gasteiger partial charge in [0.2, 0.25) is 0 Å². The number of carboxylic acids is 1. The van der Waals surface area contributed by atoms with Gasteiger partial charge in [-0.2, -0.15) is 0 Å². The molecule has 0 saturated heterocycles. The van der Waals surface area contributed by atoms with E-state index in [4.69, 9.17) is 16.7 Å². The number of carbonyl (C=O) groups excluding carboxylic acids is 1. The van der Waals surface area contributed by atoms with Crippen LogP contribution >= 0.6 is 11.6 Å². The van der Waals surface area contributed by atoms with Crippen LogP contribution in [0.5, 0.6) is 0 Å². The zero-order valence-corrected chi connectivity index (χ0v) is 8.02. The molecule has 3 nitrogen and oxygen atoms in total. The van der Waals surface area contributed by atoms with Crippen LogP contribution in [0.25, 0.3) is 0 Å². The summed E-state index contributed by atoms with van der Waals surface area (Å²) in [5.41, 5.74) is -0.723. The molecule has 1 rings (SSSR count). The SMILES string of the molecule is O=C(O)CC(=O)c1c(F)ccc(F)c1Cl. The Morgan fingerprint density at radius 2 is 1.80 bits per heavy atom. The Balaban J connectivity index is 3.18. The van der Waals surface area contributed by atoms with Gasteiger partial charge < -0.3 is 5.11 Å². The fraction of sp³-hybridized carbons (Fsp3) is 0.111. The second-order valence-electron chi connectivity index (χ2n) is 2.71. The Bertz CT molecular complexity index is 432. The Morgan fingerprint density at radius 1 is 1.27 bits per heavy atom. The number of Topliss-reactive ketones (excluding diaryl/α,β-unsaturated/α-hetero) is 1. The highest BCUT2D eigenvalue weighted by molar-refractivity contribution is 6.34. The number of carbonyl (C=O) groups is 2. The second kappa shape index (κ2) is 4.35. The van der Waals surface area contributed by atoms with Crippen LogP contribution in [-0.4, -0.2) is 16.9 Å². The molecule has 0 bridgehead atoms. The lowest BCUT2D eigenvalue weighted by Gasteiger charge is -2.03. The van der Waals surface area contributed by atoms with Crippen molar-refractivity contribution in [2.75, 3.05) is 0 Å². The minimum Gasteiger partial charge on any atom is -0.481 e. The van der Waals surface area contributed by atoms with E-state index in [1.807, 2.05) is 0 Å². The van der Waals surface area contributed by atoms with Crippen LogP contribution in [0.1, 0.15) is 16.8 Å². The molecule has 0 unspecified atom stereocenters. The van der Waals surface area contributed by atoms with E-state index in [0.717, 1.165) is 12.1 Å². The van der Waals surface area contributed by atoms with Gasteiger partial charge in [-0.15, -0.1) is 0 Å². The molecule has 0 aliphatic heterocycles. The molecule has 1 aromatic rings. The Morgan fingerprint density at radius 3 is 2.33 bits per heavy atom. The average Bonchev–Trinajstić information content (AvgIpc) is 2.11. The fourth-order valence-electron chi connectivity index (χ4n) is 1.01. The van der Waals surface area contributed by atoms with Gasteiger partial charge in [-0.05, 0) is 12.1 Å². The van der Waals surface area contributed by atoms with Crippen molar-refractivity contribution in [3.63, 3.8) is 0 Å². The second-order valence-corrected chi connectivity index (χ2v) is 3.09. The van der Waals surface area contributed by atoms with Gasteiger partial charge in [-0.3, -0.25) is 9.59 Å².